The van der Waals surface area contributed by atoms with E-state index in [1.54, 1.807) is 11.3 Å². The molecule has 0 unspecified atom stereocenters. The Morgan fingerprint density at radius 1 is 1.29 bits per heavy atom. The van der Waals surface area contributed by atoms with Crippen LogP contribution in [0.25, 0.3) is 11.4 Å². The molecule has 6 nitrogen and oxygen atoms in total. The minimum absolute atomic E-state index is 0.0772. The van der Waals surface area contributed by atoms with Crippen molar-refractivity contribution in [2.75, 3.05) is 6.61 Å². The first kappa shape index (κ1) is 16.2. The van der Waals surface area contributed by atoms with Crippen LogP contribution in [-0.2, 0) is 16.1 Å². The highest BCUT2D eigenvalue weighted by Gasteiger charge is 2.12. The largest absolute Gasteiger partial charge is 0.482 e. The maximum absolute atomic E-state index is 11.8. The van der Waals surface area contributed by atoms with E-state index in [0.717, 1.165) is 16.7 Å². The zero-order valence-electron chi connectivity index (χ0n) is 13.3. The maximum atomic E-state index is 11.8. The zero-order valence-corrected chi connectivity index (χ0v) is 14.1. The average molecular weight is 344 g/mol. The summed E-state index contributed by atoms with van der Waals surface area (Å²) in [7, 11) is 0. The fraction of sp³-hybridized carbons (Fsp3) is 0.235. The Kier molecular flexibility index (Phi) is 4.90. The van der Waals surface area contributed by atoms with Crippen molar-refractivity contribution in [1.29, 1.82) is 0 Å². The Morgan fingerprint density at radius 2 is 2.17 bits per heavy atom. The Morgan fingerprint density at radius 3 is 2.92 bits per heavy atom. The van der Waals surface area contributed by atoms with Crippen molar-refractivity contribution in [3.05, 3.63) is 52.0 Å². The normalized spacial score (nSPS) is 10.6. The summed E-state index contributed by atoms with van der Waals surface area (Å²) < 4.78 is 15.6. The molecule has 0 spiro atoms. The summed E-state index contributed by atoms with van der Waals surface area (Å²) in [6.45, 7) is 3.68. The molecule has 7 heteroatoms. The van der Waals surface area contributed by atoms with Crippen LogP contribution < -0.4 is 4.74 Å². The summed E-state index contributed by atoms with van der Waals surface area (Å²) in [5.41, 5.74) is 2.99. The molecule has 0 fully saturated rings. The predicted octanol–water partition coefficient (Wildman–Crippen LogP) is 3.54. The number of rotatable bonds is 6. The van der Waals surface area contributed by atoms with Gasteiger partial charge in [0.1, 0.15) is 5.75 Å². The van der Waals surface area contributed by atoms with Gasteiger partial charge in [0.05, 0.1) is 0 Å². The number of benzene rings is 1. The van der Waals surface area contributed by atoms with Crippen molar-refractivity contribution in [2.24, 2.45) is 0 Å². The molecule has 0 radical (unpaired) electrons. The first-order valence-corrected chi connectivity index (χ1v) is 8.27. The molecular formula is C17H16N2O4S. The summed E-state index contributed by atoms with van der Waals surface area (Å²) in [4.78, 5) is 15.9. The molecule has 0 saturated carbocycles. The summed E-state index contributed by atoms with van der Waals surface area (Å²) in [6, 6.07) is 7.65. The maximum Gasteiger partial charge on any atom is 0.344 e. The van der Waals surface area contributed by atoms with Gasteiger partial charge in [0, 0.05) is 10.9 Å². The minimum atomic E-state index is -0.495. The molecule has 0 aliphatic heterocycles. The Bertz CT molecular complexity index is 827. The van der Waals surface area contributed by atoms with Gasteiger partial charge >= 0.3 is 5.97 Å². The standard InChI is InChI=1S/C17H16N2O4S/c1-11-3-4-14(12(2)7-11)21-9-16(20)22-8-15-18-17(19-23-15)13-5-6-24-10-13/h3-7,10H,8-9H2,1-2H3. The fourth-order valence-electron chi connectivity index (χ4n) is 2.10. The van der Waals surface area contributed by atoms with Crippen LogP contribution in [-0.4, -0.2) is 22.7 Å². The molecule has 0 aliphatic rings. The number of aromatic nitrogens is 2. The third-order valence-corrected chi connectivity index (χ3v) is 3.96. The second-order valence-corrected chi connectivity index (χ2v) is 6.02. The van der Waals surface area contributed by atoms with Crippen molar-refractivity contribution < 1.29 is 18.8 Å². The molecule has 2 aromatic heterocycles. The number of carbonyl (C=O) groups excluding carboxylic acids is 1. The summed E-state index contributed by atoms with van der Waals surface area (Å²) in [6.07, 6.45) is 0. The van der Waals surface area contributed by atoms with E-state index < -0.39 is 5.97 Å². The first-order chi connectivity index (χ1) is 11.6. The molecule has 2 heterocycles. The Hall–Kier alpha value is -2.67. The number of hydrogen-bond donors (Lipinski definition) is 0. The van der Waals surface area contributed by atoms with Crippen LogP contribution in [0.1, 0.15) is 17.0 Å². The molecule has 0 N–H and O–H groups in total. The molecule has 0 atom stereocenters. The van der Waals surface area contributed by atoms with Gasteiger partial charge in [-0.05, 0) is 36.9 Å². The molecule has 24 heavy (non-hydrogen) atoms. The van der Waals surface area contributed by atoms with Crippen LogP contribution in [0.5, 0.6) is 5.75 Å². The number of hydrogen-bond acceptors (Lipinski definition) is 7. The lowest BCUT2D eigenvalue weighted by atomic mass is 10.1. The van der Waals surface area contributed by atoms with Gasteiger partial charge in [-0.3, -0.25) is 0 Å². The van der Waals surface area contributed by atoms with Crippen LogP contribution in [0.3, 0.4) is 0 Å². The van der Waals surface area contributed by atoms with E-state index in [1.165, 1.54) is 0 Å². The van der Waals surface area contributed by atoms with E-state index in [0.29, 0.717) is 11.6 Å². The van der Waals surface area contributed by atoms with Crippen molar-refractivity contribution >= 4 is 17.3 Å². The second-order valence-electron chi connectivity index (χ2n) is 5.24. The van der Waals surface area contributed by atoms with E-state index in [1.807, 2.05) is 48.9 Å². The van der Waals surface area contributed by atoms with Gasteiger partial charge in [0.2, 0.25) is 5.82 Å². The summed E-state index contributed by atoms with van der Waals surface area (Å²) in [5, 5.41) is 7.69. The van der Waals surface area contributed by atoms with Crippen molar-refractivity contribution in [2.45, 2.75) is 20.5 Å². The minimum Gasteiger partial charge on any atom is -0.482 e. The molecule has 124 valence electrons. The Labute approximate surface area is 143 Å². The highest BCUT2D eigenvalue weighted by molar-refractivity contribution is 7.08. The lowest BCUT2D eigenvalue weighted by molar-refractivity contribution is -0.148. The third-order valence-electron chi connectivity index (χ3n) is 3.28. The number of aryl methyl sites for hydroxylation is 2. The Balaban J connectivity index is 1.49. The molecule has 3 aromatic rings. The number of carbonyl (C=O) groups is 1. The fourth-order valence-corrected chi connectivity index (χ4v) is 2.74. The van der Waals surface area contributed by atoms with Gasteiger partial charge in [-0.2, -0.15) is 16.3 Å². The van der Waals surface area contributed by atoms with Gasteiger partial charge in [0.15, 0.2) is 13.2 Å². The number of nitrogens with zero attached hydrogens (tertiary/aromatic N) is 2. The molecular weight excluding hydrogens is 328 g/mol. The lowest BCUT2D eigenvalue weighted by Gasteiger charge is -2.08. The smallest absolute Gasteiger partial charge is 0.344 e. The van der Waals surface area contributed by atoms with Crippen LogP contribution in [0.2, 0.25) is 0 Å². The van der Waals surface area contributed by atoms with E-state index in [2.05, 4.69) is 10.1 Å². The molecule has 3 rings (SSSR count). The van der Waals surface area contributed by atoms with Crippen molar-refractivity contribution in [3.63, 3.8) is 0 Å². The van der Waals surface area contributed by atoms with E-state index in [9.17, 15) is 4.79 Å². The van der Waals surface area contributed by atoms with Gasteiger partial charge in [0.25, 0.3) is 5.89 Å². The number of thiophene rings is 1. The number of esters is 1. The zero-order chi connectivity index (χ0) is 16.9. The van der Waals surface area contributed by atoms with Gasteiger partial charge in [-0.25, -0.2) is 4.79 Å². The first-order valence-electron chi connectivity index (χ1n) is 7.32. The highest BCUT2D eigenvalue weighted by atomic mass is 32.1. The molecule has 0 saturated heterocycles. The second kappa shape index (κ2) is 7.27. The van der Waals surface area contributed by atoms with Gasteiger partial charge < -0.3 is 14.0 Å². The number of ether oxygens (including phenoxy) is 2. The highest BCUT2D eigenvalue weighted by Crippen LogP contribution is 2.20. The molecule has 0 amide bonds. The SMILES string of the molecule is Cc1ccc(OCC(=O)OCc2nc(-c3ccsc3)no2)c(C)c1. The van der Waals surface area contributed by atoms with Crippen LogP contribution in [0.4, 0.5) is 0 Å². The van der Waals surface area contributed by atoms with E-state index in [-0.39, 0.29) is 19.1 Å². The molecule has 0 aliphatic carbocycles. The van der Waals surface area contributed by atoms with Crippen LogP contribution in [0, 0.1) is 13.8 Å². The van der Waals surface area contributed by atoms with E-state index >= 15 is 0 Å². The summed E-state index contributed by atoms with van der Waals surface area (Å²) in [5.74, 6) is 0.894. The van der Waals surface area contributed by atoms with Gasteiger partial charge in [-0.15, -0.1) is 0 Å². The van der Waals surface area contributed by atoms with Crippen molar-refractivity contribution in [1.82, 2.24) is 10.1 Å². The predicted molar refractivity (Wildman–Crippen MR) is 88.8 cm³/mol. The summed E-state index contributed by atoms with van der Waals surface area (Å²) >= 11 is 1.54. The third kappa shape index (κ3) is 3.99. The van der Waals surface area contributed by atoms with Crippen LogP contribution >= 0.6 is 11.3 Å². The topological polar surface area (TPSA) is 74.5 Å². The quantitative estimate of drug-likeness (QED) is 0.637. The average Bonchev–Trinajstić information content (AvgIpc) is 3.23. The van der Waals surface area contributed by atoms with E-state index in [4.69, 9.17) is 14.0 Å². The van der Waals surface area contributed by atoms with Gasteiger partial charge in [-0.1, -0.05) is 22.9 Å². The van der Waals surface area contributed by atoms with Crippen molar-refractivity contribution in [3.8, 4) is 17.1 Å². The molecule has 1 aromatic carbocycles. The lowest BCUT2D eigenvalue weighted by Crippen LogP contribution is -2.15. The van der Waals surface area contributed by atoms with Crippen LogP contribution in [0.15, 0.2) is 39.5 Å². The molecule has 0 bridgehead atoms. The monoisotopic (exact) mass is 344 g/mol.